The van der Waals surface area contributed by atoms with E-state index in [-0.39, 0.29) is 24.5 Å². The molecule has 1 N–H and O–H groups in total. The molecule has 2 aliphatic rings. The number of rotatable bonds is 7. The minimum absolute atomic E-state index is 0.0554. The first kappa shape index (κ1) is 17.4. The van der Waals surface area contributed by atoms with Crippen molar-refractivity contribution in [3.8, 4) is 0 Å². The van der Waals surface area contributed by atoms with E-state index in [0.717, 1.165) is 11.1 Å². The molecule has 1 heterocycles. The first-order valence-electron chi connectivity index (χ1n) is 8.55. The molecule has 4 heteroatoms. The van der Waals surface area contributed by atoms with E-state index < -0.39 is 0 Å². The SMILES string of the molecule is CNC1OC1C(OC)c1ccccc1COC1C=C(C)C=CC1C. The predicted molar refractivity (Wildman–Crippen MR) is 94.6 cm³/mol. The molecule has 130 valence electrons. The first-order valence-corrected chi connectivity index (χ1v) is 8.55. The molecule has 0 spiro atoms. The molecule has 1 fully saturated rings. The average Bonchev–Trinajstić information content (AvgIpc) is 3.37. The van der Waals surface area contributed by atoms with E-state index in [4.69, 9.17) is 14.2 Å². The van der Waals surface area contributed by atoms with Gasteiger partial charge in [0.1, 0.15) is 18.4 Å². The molecule has 1 aliphatic carbocycles. The van der Waals surface area contributed by atoms with Crippen molar-refractivity contribution in [1.29, 1.82) is 0 Å². The van der Waals surface area contributed by atoms with Gasteiger partial charge in [0.05, 0.1) is 12.7 Å². The van der Waals surface area contributed by atoms with Gasteiger partial charge in [-0.1, -0.05) is 55.0 Å². The lowest BCUT2D eigenvalue weighted by atomic mass is 9.96. The van der Waals surface area contributed by atoms with Crippen LogP contribution in [0, 0.1) is 5.92 Å². The van der Waals surface area contributed by atoms with E-state index in [2.05, 4.69) is 49.5 Å². The Morgan fingerprint density at radius 3 is 2.79 bits per heavy atom. The summed E-state index contributed by atoms with van der Waals surface area (Å²) in [6.07, 6.45) is 6.72. The molecule has 1 aliphatic heterocycles. The van der Waals surface area contributed by atoms with Crippen molar-refractivity contribution >= 4 is 0 Å². The smallest absolute Gasteiger partial charge is 0.138 e. The Labute approximate surface area is 144 Å². The number of allylic oxidation sites excluding steroid dienone is 2. The maximum Gasteiger partial charge on any atom is 0.138 e. The molecule has 0 amide bonds. The zero-order valence-corrected chi connectivity index (χ0v) is 14.9. The van der Waals surface area contributed by atoms with Crippen LogP contribution in [0.25, 0.3) is 0 Å². The zero-order valence-electron chi connectivity index (χ0n) is 14.9. The summed E-state index contributed by atoms with van der Waals surface area (Å²) in [5, 5.41) is 3.14. The Hall–Kier alpha value is -1.46. The molecule has 1 saturated heterocycles. The number of methoxy groups -OCH3 is 1. The summed E-state index contributed by atoms with van der Waals surface area (Å²) in [6.45, 7) is 4.86. The molecule has 5 atom stereocenters. The molecule has 0 aromatic heterocycles. The number of ether oxygens (including phenoxy) is 3. The highest BCUT2D eigenvalue weighted by Gasteiger charge is 2.45. The highest BCUT2D eigenvalue weighted by atomic mass is 16.6. The Morgan fingerprint density at radius 2 is 2.08 bits per heavy atom. The number of hydrogen-bond donors (Lipinski definition) is 1. The van der Waals surface area contributed by atoms with E-state index >= 15 is 0 Å². The maximum atomic E-state index is 6.20. The largest absolute Gasteiger partial charge is 0.374 e. The van der Waals surface area contributed by atoms with Gasteiger partial charge in [0.25, 0.3) is 0 Å². The molecule has 1 aromatic carbocycles. The first-order chi connectivity index (χ1) is 11.6. The monoisotopic (exact) mass is 329 g/mol. The van der Waals surface area contributed by atoms with Crippen LogP contribution in [0.2, 0.25) is 0 Å². The van der Waals surface area contributed by atoms with Gasteiger partial charge in [0.15, 0.2) is 0 Å². The van der Waals surface area contributed by atoms with Crippen LogP contribution in [0.4, 0.5) is 0 Å². The molecule has 5 unspecified atom stereocenters. The Bertz CT molecular complexity index is 625. The second kappa shape index (κ2) is 7.62. The van der Waals surface area contributed by atoms with Gasteiger partial charge in [-0.25, -0.2) is 0 Å². The second-order valence-electron chi connectivity index (χ2n) is 6.57. The van der Waals surface area contributed by atoms with Crippen molar-refractivity contribution in [1.82, 2.24) is 5.32 Å². The summed E-state index contributed by atoms with van der Waals surface area (Å²) in [5.74, 6) is 0.388. The van der Waals surface area contributed by atoms with Gasteiger partial charge in [-0.3, -0.25) is 5.32 Å². The molecule has 1 aromatic rings. The number of nitrogens with one attached hydrogen (secondary N) is 1. The summed E-state index contributed by atoms with van der Waals surface area (Å²) >= 11 is 0. The second-order valence-corrected chi connectivity index (χ2v) is 6.57. The summed E-state index contributed by atoms with van der Waals surface area (Å²) in [5.41, 5.74) is 3.55. The fraction of sp³-hybridized carbons (Fsp3) is 0.500. The van der Waals surface area contributed by atoms with Crippen LogP contribution in [0.1, 0.15) is 31.1 Å². The topological polar surface area (TPSA) is 43.0 Å². The average molecular weight is 329 g/mol. The lowest BCUT2D eigenvalue weighted by Gasteiger charge is -2.24. The highest BCUT2D eigenvalue weighted by Crippen LogP contribution is 2.37. The molecule has 0 saturated carbocycles. The number of likely N-dealkylation sites (N-methyl/N-ethyl adjacent to an activating group) is 1. The van der Waals surface area contributed by atoms with Crippen LogP contribution in [-0.4, -0.2) is 32.6 Å². The van der Waals surface area contributed by atoms with Crippen molar-refractivity contribution in [2.75, 3.05) is 14.2 Å². The Kier molecular flexibility index (Phi) is 5.51. The molecule has 3 rings (SSSR count). The predicted octanol–water partition coefficient (Wildman–Crippen LogP) is 3.36. The van der Waals surface area contributed by atoms with Crippen LogP contribution in [0.5, 0.6) is 0 Å². The standard InChI is InChI=1S/C20H27NO3/c1-13-9-10-14(2)17(11-13)23-12-15-7-5-6-8-16(15)18(22-4)19-20(21-3)24-19/h5-11,14,17-21H,12H2,1-4H3. The molecule has 24 heavy (non-hydrogen) atoms. The normalized spacial score (nSPS) is 30.1. The minimum Gasteiger partial charge on any atom is -0.374 e. The maximum absolute atomic E-state index is 6.20. The van der Waals surface area contributed by atoms with Crippen molar-refractivity contribution in [3.63, 3.8) is 0 Å². The van der Waals surface area contributed by atoms with Gasteiger partial charge < -0.3 is 14.2 Å². The van der Waals surface area contributed by atoms with Crippen LogP contribution < -0.4 is 5.32 Å². The van der Waals surface area contributed by atoms with Crippen LogP contribution >= 0.6 is 0 Å². The van der Waals surface area contributed by atoms with E-state index in [1.807, 2.05) is 19.2 Å². The molecule has 0 bridgehead atoms. The van der Waals surface area contributed by atoms with Gasteiger partial charge >= 0.3 is 0 Å². The van der Waals surface area contributed by atoms with Crippen LogP contribution in [-0.2, 0) is 20.8 Å². The van der Waals surface area contributed by atoms with Gasteiger partial charge in [-0.05, 0) is 25.1 Å². The number of hydrogen-bond acceptors (Lipinski definition) is 4. The van der Waals surface area contributed by atoms with E-state index in [9.17, 15) is 0 Å². The van der Waals surface area contributed by atoms with Gasteiger partial charge in [-0.15, -0.1) is 0 Å². The Morgan fingerprint density at radius 1 is 1.29 bits per heavy atom. The third-order valence-corrected chi connectivity index (χ3v) is 4.76. The van der Waals surface area contributed by atoms with Crippen LogP contribution in [0.15, 0.2) is 48.1 Å². The molecule has 4 nitrogen and oxygen atoms in total. The number of benzene rings is 1. The van der Waals surface area contributed by atoms with Gasteiger partial charge in [0.2, 0.25) is 0 Å². The summed E-state index contributed by atoms with van der Waals surface area (Å²) in [7, 11) is 3.63. The minimum atomic E-state index is -0.0804. The fourth-order valence-electron chi connectivity index (χ4n) is 3.23. The molecular formula is C20H27NO3. The lowest BCUT2D eigenvalue weighted by Crippen LogP contribution is -2.22. The zero-order chi connectivity index (χ0) is 17.1. The van der Waals surface area contributed by atoms with E-state index in [0.29, 0.717) is 12.5 Å². The van der Waals surface area contributed by atoms with Gasteiger partial charge in [0, 0.05) is 13.0 Å². The van der Waals surface area contributed by atoms with Crippen molar-refractivity contribution < 1.29 is 14.2 Å². The van der Waals surface area contributed by atoms with Gasteiger partial charge in [-0.2, -0.15) is 0 Å². The Balaban J connectivity index is 1.71. The number of epoxide rings is 1. The quantitative estimate of drug-likeness (QED) is 0.779. The summed E-state index contributed by atoms with van der Waals surface area (Å²) in [4.78, 5) is 0. The highest BCUT2D eigenvalue weighted by molar-refractivity contribution is 5.31. The summed E-state index contributed by atoms with van der Waals surface area (Å²) < 4.78 is 17.6. The fourth-order valence-corrected chi connectivity index (χ4v) is 3.23. The van der Waals surface area contributed by atoms with Crippen molar-refractivity contribution in [2.24, 2.45) is 5.92 Å². The molecule has 0 radical (unpaired) electrons. The lowest BCUT2D eigenvalue weighted by molar-refractivity contribution is 0.0428. The van der Waals surface area contributed by atoms with E-state index in [1.54, 1.807) is 7.11 Å². The van der Waals surface area contributed by atoms with Crippen molar-refractivity contribution in [3.05, 3.63) is 59.2 Å². The summed E-state index contributed by atoms with van der Waals surface area (Å²) in [6, 6.07) is 8.30. The van der Waals surface area contributed by atoms with E-state index in [1.165, 1.54) is 5.57 Å². The third kappa shape index (κ3) is 3.78. The van der Waals surface area contributed by atoms with Crippen molar-refractivity contribution in [2.45, 2.75) is 45.0 Å². The molecular weight excluding hydrogens is 302 g/mol. The van der Waals surface area contributed by atoms with Crippen LogP contribution in [0.3, 0.4) is 0 Å². The third-order valence-electron chi connectivity index (χ3n) is 4.76.